The van der Waals surface area contributed by atoms with E-state index in [-0.39, 0.29) is 11.9 Å². The van der Waals surface area contributed by atoms with Crippen molar-refractivity contribution in [2.75, 3.05) is 23.3 Å². The van der Waals surface area contributed by atoms with E-state index in [0.29, 0.717) is 12.7 Å². The highest BCUT2D eigenvalue weighted by Gasteiger charge is 2.23. The second kappa shape index (κ2) is 1.92. The van der Waals surface area contributed by atoms with Crippen LogP contribution in [0.25, 0.3) is 0 Å². The summed E-state index contributed by atoms with van der Waals surface area (Å²) in [5, 5.41) is 1.45. The Morgan fingerprint density at radius 2 is 1.73 bits per heavy atom. The molecule has 0 saturated carbocycles. The van der Waals surface area contributed by atoms with Gasteiger partial charge < -0.3 is 11.5 Å². The van der Waals surface area contributed by atoms with Gasteiger partial charge in [-0.2, -0.15) is 20.0 Å². The number of aromatic nitrogens is 3. The monoisotopic (exact) mass is 154 g/mol. The lowest BCUT2D eigenvalue weighted by Gasteiger charge is -1.97. The quantitative estimate of drug-likeness (QED) is 0.486. The van der Waals surface area contributed by atoms with Crippen molar-refractivity contribution in [3.05, 3.63) is 0 Å². The molecule has 7 heteroatoms. The zero-order valence-corrected chi connectivity index (χ0v) is 5.56. The molecule has 1 aliphatic heterocycles. The maximum absolute atomic E-state index is 5.30. The minimum Gasteiger partial charge on any atom is -0.368 e. The average molecular weight is 154 g/mol. The third-order valence-corrected chi connectivity index (χ3v) is 1.14. The van der Waals surface area contributed by atoms with Gasteiger partial charge in [0, 0.05) is 0 Å². The Labute approximate surface area is 62.0 Å². The van der Waals surface area contributed by atoms with Crippen molar-refractivity contribution >= 4 is 17.8 Å². The van der Waals surface area contributed by atoms with Gasteiger partial charge in [0.2, 0.25) is 11.9 Å². The number of rotatable bonds is 1. The van der Waals surface area contributed by atoms with Gasteiger partial charge in [0.1, 0.15) is 0 Å². The molecule has 0 aromatic carbocycles. The van der Waals surface area contributed by atoms with E-state index in [1.165, 1.54) is 5.06 Å². The van der Waals surface area contributed by atoms with Gasteiger partial charge in [-0.15, -0.1) is 0 Å². The molecule has 7 nitrogen and oxygen atoms in total. The predicted octanol–water partition coefficient (Wildman–Crippen LogP) is -1.25. The fourth-order valence-corrected chi connectivity index (χ4v) is 0.653. The zero-order chi connectivity index (χ0) is 7.84. The van der Waals surface area contributed by atoms with Crippen molar-refractivity contribution in [2.45, 2.75) is 0 Å². The first-order chi connectivity index (χ1) is 5.25. The Kier molecular flexibility index (Phi) is 1.07. The number of anilines is 3. The fourth-order valence-electron chi connectivity index (χ4n) is 0.653. The maximum atomic E-state index is 5.30. The number of hydrogen-bond acceptors (Lipinski definition) is 7. The highest BCUT2D eigenvalue weighted by Crippen LogP contribution is 2.17. The molecule has 1 fully saturated rings. The van der Waals surface area contributed by atoms with E-state index in [4.69, 9.17) is 16.3 Å². The van der Waals surface area contributed by atoms with Gasteiger partial charge in [-0.3, -0.25) is 0 Å². The topological polar surface area (TPSA) is 106 Å². The molecule has 0 aliphatic carbocycles. The maximum Gasteiger partial charge on any atom is 0.258 e. The van der Waals surface area contributed by atoms with Crippen LogP contribution < -0.4 is 16.5 Å². The third-order valence-electron chi connectivity index (χ3n) is 1.14. The minimum atomic E-state index is 0.100. The average Bonchev–Trinajstić information content (AvgIpc) is 2.64. The number of nitrogen functional groups attached to an aromatic ring is 2. The van der Waals surface area contributed by atoms with E-state index >= 15 is 0 Å². The lowest BCUT2D eigenvalue weighted by atomic mass is 10.8. The van der Waals surface area contributed by atoms with E-state index < -0.39 is 0 Å². The van der Waals surface area contributed by atoms with Gasteiger partial charge in [0.15, 0.2) is 6.73 Å². The van der Waals surface area contributed by atoms with Gasteiger partial charge in [0.25, 0.3) is 5.95 Å². The first-order valence-corrected chi connectivity index (χ1v) is 2.93. The first kappa shape index (κ1) is 6.10. The SMILES string of the molecule is Nc1nc(N)nc(N2CO2)n1. The highest BCUT2D eigenvalue weighted by atomic mass is 16.8. The lowest BCUT2D eigenvalue weighted by Crippen LogP contribution is -2.07. The number of hydrogen-bond donors (Lipinski definition) is 2. The predicted molar refractivity (Wildman–Crippen MR) is 37.1 cm³/mol. The lowest BCUT2D eigenvalue weighted by molar-refractivity contribution is 0.447. The number of hydroxylamine groups is 1. The van der Waals surface area contributed by atoms with Gasteiger partial charge in [-0.1, -0.05) is 0 Å². The van der Waals surface area contributed by atoms with Crippen LogP contribution in [0.5, 0.6) is 0 Å². The van der Waals surface area contributed by atoms with E-state index in [0.717, 1.165) is 0 Å². The minimum absolute atomic E-state index is 0.100. The first-order valence-electron chi connectivity index (χ1n) is 2.93. The molecular weight excluding hydrogens is 148 g/mol. The van der Waals surface area contributed by atoms with Crippen LogP contribution in [0, 0.1) is 0 Å². The molecule has 2 rings (SSSR count). The summed E-state index contributed by atoms with van der Waals surface area (Å²) in [6, 6.07) is 0. The van der Waals surface area contributed by atoms with E-state index in [2.05, 4.69) is 15.0 Å². The summed E-state index contributed by atoms with van der Waals surface area (Å²) < 4.78 is 0. The van der Waals surface area contributed by atoms with Crippen LogP contribution in [0.15, 0.2) is 0 Å². The Bertz CT molecular complexity index is 264. The summed E-state index contributed by atoms with van der Waals surface area (Å²) >= 11 is 0. The van der Waals surface area contributed by atoms with Crippen molar-refractivity contribution < 1.29 is 4.84 Å². The van der Waals surface area contributed by atoms with Crippen LogP contribution in [-0.2, 0) is 4.84 Å². The summed E-state index contributed by atoms with van der Waals surface area (Å²) in [6.45, 7) is 0.475. The molecule has 1 saturated heterocycles. The largest absolute Gasteiger partial charge is 0.368 e. The van der Waals surface area contributed by atoms with Crippen molar-refractivity contribution in [1.29, 1.82) is 0 Å². The summed E-state index contributed by atoms with van der Waals surface area (Å²) in [5.41, 5.74) is 10.6. The second-order valence-electron chi connectivity index (χ2n) is 1.99. The molecule has 11 heavy (non-hydrogen) atoms. The molecule has 1 aromatic rings. The van der Waals surface area contributed by atoms with Crippen LogP contribution in [0.1, 0.15) is 0 Å². The summed E-state index contributed by atoms with van der Waals surface area (Å²) in [7, 11) is 0. The van der Waals surface area contributed by atoms with Crippen molar-refractivity contribution in [1.82, 2.24) is 15.0 Å². The standard InChI is InChI=1S/C4H6N6O/c5-2-7-3(6)9-4(8-2)10-1-11-10/h1H2,(H4,5,6,7,8,9). The summed E-state index contributed by atoms with van der Waals surface area (Å²) in [4.78, 5) is 15.9. The van der Waals surface area contributed by atoms with Crippen LogP contribution in [0.2, 0.25) is 0 Å². The Morgan fingerprint density at radius 1 is 1.18 bits per heavy atom. The van der Waals surface area contributed by atoms with Crippen LogP contribution in [-0.4, -0.2) is 21.7 Å². The van der Waals surface area contributed by atoms with Gasteiger partial charge in [-0.05, 0) is 0 Å². The molecule has 2 heterocycles. The number of nitrogens with zero attached hydrogens (tertiary/aromatic N) is 4. The fraction of sp³-hybridized carbons (Fsp3) is 0.250. The Balaban J connectivity index is 2.39. The van der Waals surface area contributed by atoms with E-state index in [9.17, 15) is 0 Å². The molecule has 4 N–H and O–H groups in total. The van der Waals surface area contributed by atoms with Crippen molar-refractivity contribution in [2.24, 2.45) is 0 Å². The van der Waals surface area contributed by atoms with Crippen molar-refractivity contribution in [3.63, 3.8) is 0 Å². The smallest absolute Gasteiger partial charge is 0.258 e. The van der Waals surface area contributed by atoms with Crippen molar-refractivity contribution in [3.8, 4) is 0 Å². The van der Waals surface area contributed by atoms with Crippen LogP contribution in [0.4, 0.5) is 17.8 Å². The molecule has 1 aliphatic rings. The normalized spacial score (nSPS) is 15.1. The highest BCUT2D eigenvalue weighted by molar-refractivity contribution is 5.39. The summed E-state index contributed by atoms with van der Waals surface area (Å²) in [5.74, 6) is 0.556. The molecule has 58 valence electrons. The third kappa shape index (κ3) is 1.13. The zero-order valence-electron chi connectivity index (χ0n) is 5.56. The molecule has 0 atom stereocenters. The summed E-state index contributed by atoms with van der Waals surface area (Å²) in [6.07, 6.45) is 0. The molecular formula is C4H6N6O. The van der Waals surface area contributed by atoms with E-state index in [1.54, 1.807) is 0 Å². The van der Waals surface area contributed by atoms with Gasteiger partial charge >= 0.3 is 0 Å². The molecule has 1 aromatic heterocycles. The van der Waals surface area contributed by atoms with Crippen LogP contribution >= 0.6 is 0 Å². The molecule has 0 unspecified atom stereocenters. The molecule has 0 spiro atoms. The molecule has 0 radical (unpaired) electrons. The Morgan fingerprint density at radius 3 is 2.18 bits per heavy atom. The van der Waals surface area contributed by atoms with Gasteiger partial charge in [0.05, 0.1) is 0 Å². The second-order valence-corrected chi connectivity index (χ2v) is 1.99. The molecule has 0 amide bonds. The number of nitrogens with two attached hydrogens (primary N) is 2. The van der Waals surface area contributed by atoms with E-state index in [1.807, 2.05) is 0 Å². The molecule has 0 bridgehead atoms. The van der Waals surface area contributed by atoms with Crippen LogP contribution in [0.3, 0.4) is 0 Å². The van der Waals surface area contributed by atoms with Gasteiger partial charge in [-0.25, -0.2) is 4.84 Å². The Hall–Kier alpha value is -1.63.